The maximum absolute atomic E-state index is 12.1. The Morgan fingerprint density at radius 3 is 2.81 bits per heavy atom. The Kier molecular flexibility index (Phi) is 3.19. The van der Waals surface area contributed by atoms with Gasteiger partial charge in [-0.05, 0) is 25.5 Å². The van der Waals surface area contributed by atoms with Crippen LogP contribution in [0.3, 0.4) is 0 Å². The van der Waals surface area contributed by atoms with Gasteiger partial charge < -0.3 is 0 Å². The van der Waals surface area contributed by atoms with Crippen LogP contribution in [-0.4, -0.2) is 15.6 Å². The van der Waals surface area contributed by atoms with Crippen LogP contribution >= 0.6 is 11.3 Å². The number of aromatic nitrogens is 2. The number of rotatable bonds is 4. The molecule has 0 saturated heterocycles. The van der Waals surface area contributed by atoms with E-state index in [0.717, 1.165) is 17.8 Å². The van der Waals surface area contributed by atoms with Crippen molar-refractivity contribution >= 4 is 17.1 Å². The van der Waals surface area contributed by atoms with Crippen molar-refractivity contribution in [1.29, 1.82) is 0 Å². The van der Waals surface area contributed by atoms with E-state index >= 15 is 0 Å². The molecule has 0 atom stereocenters. The van der Waals surface area contributed by atoms with Gasteiger partial charge in [-0.15, -0.1) is 11.3 Å². The molecule has 2 heterocycles. The van der Waals surface area contributed by atoms with Crippen LogP contribution in [0.15, 0.2) is 24.5 Å². The van der Waals surface area contributed by atoms with E-state index in [2.05, 4.69) is 12.0 Å². The third kappa shape index (κ3) is 2.07. The largest absolute Gasteiger partial charge is 0.288 e. The van der Waals surface area contributed by atoms with Crippen LogP contribution in [0.2, 0.25) is 0 Å². The van der Waals surface area contributed by atoms with Crippen molar-refractivity contribution in [2.24, 2.45) is 0 Å². The molecule has 2 rings (SSSR count). The zero-order valence-corrected chi connectivity index (χ0v) is 10.3. The summed E-state index contributed by atoms with van der Waals surface area (Å²) >= 11 is 1.57. The average molecular weight is 234 g/mol. The summed E-state index contributed by atoms with van der Waals surface area (Å²) < 4.78 is 1.77. The summed E-state index contributed by atoms with van der Waals surface area (Å²) in [5.41, 5.74) is 0.673. The van der Waals surface area contributed by atoms with Gasteiger partial charge in [-0.2, -0.15) is 5.10 Å². The maximum Gasteiger partial charge on any atom is 0.206 e. The monoisotopic (exact) mass is 234 g/mol. The second-order valence-electron chi connectivity index (χ2n) is 3.53. The van der Waals surface area contributed by atoms with Crippen molar-refractivity contribution in [2.75, 3.05) is 0 Å². The van der Waals surface area contributed by atoms with Gasteiger partial charge in [0.05, 0.1) is 16.6 Å². The summed E-state index contributed by atoms with van der Waals surface area (Å²) in [5.74, 6) is 0.0735. The van der Waals surface area contributed by atoms with Crippen LogP contribution in [0.25, 0.3) is 0 Å². The molecule has 0 fully saturated rings. The number of thiophene rings is 1. The predicted molar refractivity (Wildman–Crippen MR) is 65.0 cm³/mol. The van der Waals surface area contributed by atoms with Crippen molar-refractivity contribution in [3.8, 4) is 0 Å². The van der Waals surface area contributed by atoms with Crippen molar-refractivity contribution in [3.05, 3.63) is 39.8 Å². The van der Waals surface area contributed by atoms with Gasteiger partial charge in [0, 0.05) is 17.6 Å². The van der Waals surface area contributed by atoms with Crippen LogP contribution < -0.4 is 0 Å². The molecule has 4 heteroatoms. The smallest absolute Gasteiger partial charge is 0.206 e. The minimum absolute atomic E-state index is 0.0735. The zero-order valence-electron chi connectivity index (χ0n) is 9.43. The summed E-state index contributed by atoms with van der Waals surface area (Å²) in [6.07, 6.45) is 4.41. The lowest BCUT2D eigenvalue weighted by atomic mass is 10.2. The molecular formula is C12H14N2OS. The second-order valence-corrected chi connectivity index (χ2v) is 4.70. The van der Waals surface area contributed by atoms with Gasteiger partial charge in [0.2, 0.25) is 5.78 Å². The number of carbonyl (C=O) groups excluding carboxylic acids is 1. The number of nitrogens with zero attached hydrogens (tertiary/aromatic N) is 2. The first-order valence-corrected chi connectivity index (χ1v) is 6.22. The first-order valence-electron chi connectivity index (χ1n) is 5.40. The van der Waals surface area contributed by atoms with Crippen molar-refractivity contribution in [2.45, 2.75) is 26.8 Å². The number of hydrogen-bond acceptors (Lipinski definition) is 3. The van der Waals surface area contributed by atoms with Crippen molar-refractivity contribution < 1.29 is 4.79 Å². The van der Waals surface area contributed by atoms with Gasteiger partial charge in [0.1, 0.15) is 0 Å². The second kappa shape index (κ2) is 4.61. The molecule has 0 radical (unpaired) electrons. The van der Waals surface area contributed by atoms with E-state index in [1.165, 1.54) is 4.88 Å². The highest BCUT2D eigenvalue weighted by molar-refractivity contribution is 7.14. The average Bonchev–Trinajstić information content (AvgIpc) is 2.97. The van der Waals surface area contributed by atoms with Gasteiger partial charge in [-0.1, -0.05) is 6.92 Å². The summed E-state index contributed by atoms with van der Waals surface area (Å²) in [5, 5.41) is 4.11. The molecule has 2 aromatic heterocycles. The standard InChI is InChI=1S/C12H14N2OS/c1-3-10-5-6-11(16-10)12(15)9-7-13-14(4-2)8-9/h5-8H,3-4H2,1-2H3. The van der Waals surface area contributed by atoms with Crippen LogP contribution in [0.1, 0.15) is 34.0 Å². The Morgan fingerprint density at radius 1 is 1.44 bits per heavy atom. The van der Waals surface area contributed by atoms with Crippen LogP contribution in [0.4, 0.5) is 0 Å². The quantitative estimate of drug-likeness (QED) is 0.762. The lowest BCUT2D eigenvalue weighted by Gasteiger charge is -1.92. The summed E-state index contributed by atoms with van der Waals surface area (Å²) in [4.78, 5) is 14.1. The van der Waals surface area contributed by atoms with E-state index in [9.17, 15) is 4.79 Å². The molecule has 16 heavy (non-hydrogen) atoms. The Morgan fingerprint density at radius 2 is 2.25 bits per heavy atom. The number of hydrogen-bond donors (Lipinski definition) is 0. The molecule has 0 aliphatic heterocycles. The molecule has 0 aliphatic rings. The van der Waals surface area contributed by atoms with Gasteiger partial charge >= 0.3 is 0 Å². The fourth-order valence-corrected chi connectivity index (χ4v) is 2.40. The Bertz CT molecular complexity index is 454. The molecule has 3 nitrogen and oxygen atoms in total. The normalized spacial score (nSPS) is 10.6. The van der Waals surface area contributed by atoms with Crippen LogP contribution in [-0.2, 0) is 13.0 Å². The topological polar surface area (TPSA) is 34.9 Å². The van der Waals surface area contributed by atoms with E-state index in [0.29, 0.717) is 5.56 Å². The van der Waals surface area contributed by atoms with Crippen LogP contribution in [0.5, 0.6) is 0 Å². The van der Waals surface area contributed by atoms with Gasteiger partial charge in [0.15, 0.2) is 0 Å². The number of aryl methyl sites for hydroxylation is 2. The summed E-state index contributed by atoms with van der Waals surface area (Å²) in [6, 6.07) is 3.91. The molecule has 0 aliphatic carbocycles. The van der Waals surface area contributed by atoms with E-state index < -0.39 is 0 Å². The van der Waals surface area contributed by atoms with Gasteiger partial charge in [-0.3, -0.25) is 9.48 Å². The molecule has 0 N–H and O–H groups in total. The van der Waals surface area contributed by atoms with Crippen molar-refractivity contribution in [3.63, 3.8) is 0 Å². The Hall–Kier alpha value is -1.42. The Balaban J connectivity index is 2.24. The maximum atomic E-state index is 12.1. The molecule has 0 amide bonds. The van der Waals surface area contributed by atoms with E-state index in [-0.39, 0.29) is 5.78 Å². The van der Waals surface area contributed by atoms with E-state index in [1.807, 2.05) is 19.1 Å². The highest BCUT2D eigenvalue weighted by Crippen LogP contribution is 2.20. The molecule has 0 bridgehead atoms. The zero-order chi connectivity index (χ0) is 11.5. The molecule has 0 aromatic carbocycles. The fourth-order valence-electron chi connectivity index (χ4n) is 1.49. The molecule has 84 valence electrons. The third-order valence-electron chi connectivity index (χ3n) is 2.45. The molecule has 0 saturated carbocycles. The van der Waals surface area contributed by atoms with Gasteiger partial charge in [0.25, 0.3) is 0 Å². The SMILES string of the molecule is CCc1ccc(C(=O)c2cnn(CC)c2)s1. The highest BCUT2D eigenvalue weighted by Gasteiger charge is 2.13. The highest BCUT2D eigenvalue weighted by atomic mass is 32.1. The molecule has 2 aromatic rings. The molecular weight excluding hydrogens is 220 g/mol. The molecule has 0 spiro atoms. The van der Waals surface area contributed by atoms with Crippen molar-refractivity contribution in [1.82, 2.24) is 9.78 Å². The Labute approximate surface area is 98.7 Å². The number of carbonyl (C=O) groups is 1. The number of ketones is 1. The fraction of sp³-hybridized carbons (Fsp3) is 0.333. The minimum atomic E-state index is 0.0735. The molecule has 0 unspecified atom stereocenters. The van der Waals surface area contributed by atoms with Gasteiger partial charge in [-0.25, -0.2) is 0 Å². The first-order chi connectivity index (χ1) is 7.74. The lowest BCUT2D eigenvalue weighted by molar-refractivity contribution is 0.104. The summed E-state index contributed by atoms with van der Waals surface area (Å²) in [7, 11) is 0. The van der Waals surface area contributed by atoms with E-state index in [4.69, 9.17) is 0 Å². The summed E-state index contributed by atoms with van der Waals surface area (Å²) in [6.45, 7) is 4.88. The predicted octanol–water partition coefficient (Wildman–Crippen LogP) is 2.76. The van der Waals surface area contributed by atoms with E-state index in [1.54, 1.807) is 28.4 Å². The first kappa shape index (κ1) is 11.1. The lowest BCUT2D eigenvalue weighted by Crippen LogP contribution is -1.97. The third-order valence-corrected chi connectivity index (χ3v) is 3.68. The van der Waals surface area contributed by atoms with Crippen LogP contribution in [0, 0.1) is 0 Å². The minimum Gasteiger partial charge on any atom is -0.288 e.